The Balaban J connectivity index is 2.06. The van der Waals surface area contributed by atoms with Gasteiger partial charge in [-0.15, -0.1) is 0 Å². The van der Waals surface area contributed by atoms with Crippen molar-refractivity contribution in [3.05, 3.63) is 65.6 Å². The Morgan fingerprint density at radius 3 is 2.64 bits per heavy atom. The molecule has 0 aliphatic carbocycles. The lowest BCUT2D eigenvalue weighted by Crippen LogP contribution is -2.26. The Hall–Kier alpha value is -2.70. The molecule has 3 rings (SSSR count). The third-order valence-corrected chi connectivity index (χ3v) is 4.59. The first-order chi connectivity index (χ1) is 13.4. The number of hydrogen-bond donors (Lipinski definition) is 1. The highest BCUT2D eigenvalue weighted by atomic mass is 19.1. The number of aromatic nitrogens is 2. The number of halogens is 1. The summed E-state index contributed by atoms with van der Waals surface area (Å²) in [7, 11) is 3.39. The zero-order valence-corrected chi connectivity index (χ0v) is 16.7. The Bertz CT molecular complexity index is 953. The van der Waals surface area contributed by atoms with Crippen LogP contribution in [0.2, 0.25) is 0 Å². The summed E-state index contributed by atoms with van der Waals surface area (Å²) in [5.41, 5.74) is 4.42. The third kappa shape index (κ3) is 4.40. The topological polar surface area (TPSA) is 50.5 Å². The standard InChI is InChI=1S/C22H26FN3O2/c1-15-7-5-6-8-20(15)26-14-18(13-25(3)12-16(2)27)22(24-26)17-9-10-21(28-4)19(23)11-17/h5-11,14,16,27H,12-13H2,1-4H3/t16-/m1/s1. The van der Waals surface area contributed by atoms with Gasteiger partial charge in [0, 0.05) is 30.4 Å². The van der Waals surface area contributed by atoms with Crippen LogP contribution >= 0.6 is 0 Å². The Kier molecular flexibility index (Phi) is 6.11. The van der Waals surface area contributed by atoms with E-state index in [0.717, 1.165) is 16.8 Å². The number of aliphatic hydroxyl groups is 1. The number of likely N-dealkylation sites (N-methyl/N-ethyl adjacent to an activating group) is 1. The molecule has 5 nitrogen and oxygen atoms in total. The van der Waals surface area contributed by atoms with E-state index in [-0.39, 0.29) is 5.75 Å². The fraction of sp³-hybridized carbons (Fsp3) is 0.318. The van der Waals surface area contributed by atoms with Crippen LogP contribution in [0.1, 0.15) is 18.1 Å². The fourth-order valence-electron chi connectivity index (χ4n) is 3.33. The number of ether oxygens (including phenoxy) is 1. The zero-order valence-electron chi connectivity index (χ0n) is 16.7. The Morgan fingerprint density at radius 1 is 1.25 bits per heavy atom. The van der Waals surface area contributed by atoms with Crippen molar-refractivity contribution in [1.29, 1.82) is 0 Å². The Morgan fingerprint density at radius 2 is 2.00 bits per heavy atom. The molecule has 1 atom stereocenters. The molecule has 0 saturated carbocycles. The van der Waals surface area contributed by atoms with Gasteiger partial charge in [-0.1, -0.05) is 18.2 Å². The van der Waals surface area contributed by atoms with Gasteiger partial charge in [0.1, 0.15) is 0 Å². The maximum atomic E-state index is 14.3. The van der Waals surface area contributed by atoms with Gasteiger partial charge in [0.25, 0.3) is 0 Å². The minimum absolute atomic E-state index is 0.204. The number of benzene rings is 2. The third-order valence-electron chi connectivity index (χ3n) is 4.59. The van der Waals surface area contributed by atoms with Crippen LogP contribution in [0.3, 0.4) is 0 Å². The van der Waals surface area contributed by atoms with Crippen LogP contribution in [-0.4, -0.2) is 46.6 Å². The molecule has 0 aliphatic heterocycles. The molecule has 3 aromatic rings. The van der Waals surface area contributed by atoms with Crippen LogP contribution < -0.4 is 4.74 Å². The number of aliphatic hydroxyl groups excluding tert-OH is 1. The van der Waals surface area contributed by atoms with E-state index in [2.05, 4.69) is 0 Å². The first-order valence-corrected chi connectivity index (χ1v) is 9.24. The van der Waals surface area contributed by atoms with E-state index in [0.29, 0.717) is 24.3 Å². The van der Waals surface area contributed by atoms with Crippen molar-refractivity contribution in [2.24, 2.45) is 0 Å². The average molecular weight is 383 g/mol. The number of para-hydroxylation sites is 1. The first kappa shape index (κ1) is 20.0. The second kappa shape index (κ2) is 8.54. The molecule has 1 N–H and O–H groups in total. The summed E-state index contributed by atoms with van der Waals surface area (Å²) in [4.78, 5) is 2.02. The molecule has 0 fully saturated rings. The molecular weight excluding hydrogens is 357 g/mol. The monoisotopic (exact) mass is 383 g/mol. The van der Waals surface area contributed by atoms with E-state index in [4.69, 9.17) is 9.84 Å². The molecule has 148 valence electrons. The lowest BCUT2D eigenvalue weighted by atomic mass is 10.1. The van der Waals surface area contributed by atoms with Gasteiger partial charge in [0.15, 0.2) is 11.6 Å². The molecule has 1 heterocycles. The molecule has 0 radical (unpaired) electrons. The molecule has 0 unspecified atom stereocenters. The number of nitrogens with zero attached hydrogens (tertiary/aromatic N) is 3. The molecule has 2 aromatic carbocycles. The molecule has 28 heavy (non-hydrogen) atoms. The quantitative estimate of drug-likeness (QED) is 0.674. The molecule has 0 aliphatic rings. The number of hydrogen-bond acceptors (Lipinski definition) is 4. The van der Waals surface area contributed by atoms with E-state index in [1.807, 2.05) is 60.1 Å². The van der Waals surface area contributed by atoms with Crippen molar-refractivity contribution in [3.8, 4) is 22.7 Å². The van der Waals surface area contributed by atoms with Gasteiger partial charge in [-0.25, -0.2) is 9.07 Å². The Labute approximate surface area is 165 Å². The van der Waals surface area contributed by atoms with Gasteiger partial charge in [0.2, 0.25) is 0 Å². The van der Waals surface area contributed by atoms with Crippen LogP contribution in [0.5, 0.6) is 5.75 Å². The van der Waals surface area contributed by atoms with Crippen LogP contribution in [0.15, 0.2) is 48.7 Å². The summed E-state index contributed by atoms with van der Waals surface area (Å²) in [5.74, 6) is -0.219. The largest absolute Gasteiger partial charge is 0.494 e. The number of rotatable bonds is 7. The fourth-order valence-corrected chi connectivity index (χ4v) is 3.33. The van der Waals surface area contributed by atoms with Gasteiger partial charge in [-0.2, -0.15) is 5.10 Å². The maximum absolute atomic E-state index is 14.3. The van der Waals surface area contributed by atoms with E-state index < -0.39 is 11.9 Å². The van der Waals surface area contributed by atoms with Crippen LogP contribution in [0.25, 0.3) is 16.9 Å². The summed E-state index contributed by atoms with van der Waals surface area (Å²) < 4.78 is 21.2. The van der Waals surface area contributed by atoms with Crippen molar-refractivity contribution in [1.82, 2.24) is 14.7 Å². The summed E-state index contributed by atoms with van der Waals surface area (Å²) in [6.07, 6.45) is 1.54. The van der Waals surface area contributed by atoms with Crippen molar-refractivity contribution < 1.29 is 14.2 Å². The van der Waals surface area contributed by atoms with E-state index in [1.54, 1.807) is 13.0 Å². The summed E-state index contributed by atoms with van der Waals surface area (Å²) >= 11 is 0. The first-order valence-electron chi connectivity index (χ1n) is 9.24. The SMILES string of the molecule is COc1ccc(-c2nn(-c3ccccc3C)cc2CN(C)C[C@@H](C)O)cc1F. The zero-order chi connectivity index (χ0) is 20.3. The van der Waals surface area contributed by atoms with Gasteiger partial charge >= 0.3 is 0 Å². The lowest BCUT2D eigenvalue weighted by Gasteiger charge is -2.18. The highest BCUT2D eigenvalue weighted by molar-refractivity contribution is 5.64. The molecular formula is C22H26FN3O2. The maximum Gasteiger partial charge on any atom is 0.165 e. The second-order valence-electron chi connectivity index (χ2n) is 7.13. The van der Waals surface area contributed by atoms with E-state index in [1.165, 1.54) is 13.2 Å². The van der Waals surface area contributed by atoms with Gasteiger partial charge in [-0.3, -0.25) is 4.90 Å². The normalized spacial score (nSPS) is 12.4. The van der Waals surface area contributed by atoms with Gasteiger partial charge in [-0.05, 0) is 50.7 Å². The van der Waals surface area contributed by atoms with Crippen LogP contribution in [0.4, 0.5) is 4.39 Å². The molecule has 6 heteroatoms. The number of aryl methyl sites for hydroxylation is 1. The molecule has 0 bridgehead atoms. The summed E-state index contributed by atoms with van der Waals surface area (Å²) in [5, 5.41) is 14.4. The van der Waals surface area contributed by atoms with Crippen molar-refractivity contribution >= 4 is 0 Å². The predicted octanol–water partition coefficient (Wildman–Crippen LogP) is 3.81. The predicted molar refractivity (Wildman–Crippen MR) is 108 cm³/mol. The minimum atomic E-state index is -0.432. The molecule has 0 amide bonds. The van der Waals surface area contributed by atoms with Crippen molar-refractivity contribution in [2.75, 3.05) is 20.7 Å². The van der Waals surface area contributed by atoms with Gasteiger partial charge < -0.3 is 9.84 Å². The van der Waals surface area contributed by atoms with Crippen LogP contribution in [0, 0.1) is 12.7 Å². The molecule has 1 aromatic heterocycles. The highest BCUT2D eigenvalue weighted by Gasteiger charge is 2.17. The summed E-state index contributed by atoms with van der Waals surface area (Å²) in [6, 6.07) is 12.9. The van der Waals surface area contributed by atoms with Crippen molar-refractivity contribution in [2.45, 2.75) is 26.5 Å². The summed E-state index contributed by atoms with van der Waals surface area (Å²) in [6.45, 7) is 4.90. The minimum Gasteiger partial charge on any atom is -0.494 e. The molecule has 0 saturated heterocycles. The number of methoxy groups -OCH3 is 1. The average Bonchev–Trinajstić information content (AvgIpc) is 3.04. The van der Waals surface area contributed by atoms with E-state index >= 15 is 0 Å². The van der Waals surface area contributed by atoms with Crippen molar-refractivity contribution in [3.63, 3.8) is 0 Å². The highest BCUT2D eigenvalue weighted by Crippen LogP contribution is 2.29. The smallest absolute Gasteiger partial charge is 0.165 e. The molecule has 0 spiro atoms. The second-order valence-corrected chi connectivity index (χ2v) is 7.13. The lowest BCUT2D eigenvalue weighted by molar-refractivity contribution is 0.138. The van der Waals surface area contributed by atoms with Gasteiger partial charge in [0.05, 0.1) is 24.6 Å². The van der Waals surface area contributed by atoms with Crippen LogP contribution in [-0.2, 0) is 6.54 Å². The van der Waals surface area contributed by atoms with E-state index in [9.17, 15) is 9.50 Å².